The highest BCUT2D eigenvalue weighted by atomic mass is 19.4. The van der Waals surface area contributed by atoms with Gasteiger partial charge in [0, 0.05) is 5.69 Å². The van der Waals surface area contributed by atoms with Crippen LogP contribution in [0.3, 0.4) is 0 Å². The molecule has 1 aliphatic heterocycles. The fourth-order valence-corrected chi connectivity index (χ4v) is 3.55. The lowest BCUT2D eigenvalue weighted by atomic mass is 10.0. The highest BCUT2D eigenvalue weighted by Gasteiger charge is 2.40. The van der Waals surface area contributed by atoms with Crippen LogP contribution in [-0.4, -0.2) is 18.2 Å². The molecule has 5 nitrogen and oxygen atoms in total. The molecule has 1 N–H and O–H groups in total. The van der Waals surface area contributed by atoms with Crippen LogP contribution in [0.2, 0.25) is 0 Å². The molecule has 0 unspecified atom stereocenters. The molecule has 0 fully saturated rings. The molecule has 8 heteroatoms. The van der Waals surface area contributed by atoms with E-state index in [0.717, 1.165) is 28.2 Å². The van der Waals surface area contributed by atoms with Crippen molar-refractivity contribution in [3.8, 4) is 5.75 Å². The summed E-state index contributed by atoms with van der Waals surface area (Å²) in [6, 6.07) is 19.0. The van der Waals surface area contributed by atoms with E-state index < -0.39 is 23.9 Å². The number of imide groups is 1. The summed E-state index contributed by atoms with van der Waals surface area (Å²) in [6.07, 6.45) is -4.84. The van der Waals surface area contributed by atoms with E-state index in [4.69, 9.17) is 0 Å². The Labute approximate surface area is 188 Å². The normalized spacial score (nSPS) is 14.2. The van der Waals surface area contributed by atoms with Crippen molar-refractivity contribution in [2.75, 3.05) is 10.2 Å². The zero-order chi connectivity index (χ0) is 23.8. The summed E-state index contributed by atoms with van der Waals surface area (Å²) in [4.78, 5) is 27.7. The fraction of sp³-hybridized carbons (Fsp3) is 0.120. The number of carbonyl (C=O) groups is 2. The fourth-order valence-electron chi connectivity index (χ4n) is 3.55. The van der Waals surface area contributed by atoms with Gasteiger partial charge in [0.05, 0.1) is 11.3 Å². The van der Waals surface area contributed by atoms with Crippen LogP contribution < -0.4 is 15.0 Å². The van der Waals surface area contributed by atoms with Crippen molar-refractivity contribution in [3.63, 3.8) is 0 Å². The highest BCUT2D eigenvalue weighted by molar-refractivity contribution is 6.46. The molecule has 0 saturated heterocycles. The molecule has 0 aromatic heterocycles. The van der Waals surface area contributed by atoms with Gasteiger partial charge in [-0.1, -0.05) is 42.5 Å². The van der Waals surface area contributed by atoms with Gasteiger partial charge in [0.15, 0.2) is 0 Å². The summed E-state index contributed by atoms with van der Waals surface area (Å²) in [5.41, 5.74) is 3.48. The van der Waals surface area contributed by atoms with Crippen molar-refractivity contribution in [1.82, 2.24) is 0 Å². The smallest absolute Gasteiger partial charge is 0.406 e. The standard InChI is InChI=1S/C25H19F3N2O3/c1-15-8-9-16(2)20(14-15)29-22-21(17-6-4-3-5-7-17)23(31)30(24(22)32)18-10-12-19(13-11-18)33-25(26,27)28/h3-14,29H,1-2H3. The molecule has 33 heavy (non-hydrogen) atoms. The number of amides is 2. The number of hydrogen-bond donors (Lipinski definition) is 1. The Balaban J connectivity index is 1.74. The summed E-state index contributed by atoms with van der Waals surface area (Å²) in [7, 11) is 0. The van der Waals surface area contributed by atoms with Crippen LogP contribution in [0, 0.1) is 13.8 Å². The number of aryl methyl sites for hydroxylation is 2. The van der Waals surface area contributed by atoms with Crippen LogP contribution in [-0.2, 0) is 9.59 Å². The van der Waals surface area contributed by atoms with Crippen LogP contribution in [0.25, 0.3) is 5.57 Å². The van der Waals surface area contributed by atoms with E-state index in [1.54, 1.807) is 30.3 Å². The molecule has 1 aliphatic rings. The number of hydrogen-bond acceptors (Lipinski definition) is 4. The lowest BCUT2D eigenvalue weighted by molar-refractivity contribution is -0.274. The Morgan fingerprint density at radius 2 is 1.52 bits per heavy atom. The number of anilines is 2. The van der Waals surface area contributed by atoms with Gasteiger partial charge < -0.3 is 10.1 Å². The van der Waals surface area contributed by atoms with Gasteiger partial charge in [-0.3, -0.25) is 9.59 Å². The second-order valence-electron chi connectivity index (χ2n) is 7.55. The Morgan fingerprint density at radius 3 is 2.15 bits per heavy atom. The molecule has 1 heterocycles. The van der Waals surface area contributed by atoms with Crippen LogP contribution in [0.5, 0.6) is 5.75 Å². The van der Waals surface area contributed by atoms with Crippen molar-refractivity contribution in [3.05, 3.63) is 95.2 Å². The minimum absolute atomic E-state index is 0.0931. The molecular formula is C25H19F3N2O3. The Hall–Kier alpha value is -4.07. The third-order valence-electron chi connectivity index (χ3n) is 5.13. The maximum atomic E-state index is 13.4. The third-order valence-corrected chi connectivity index (χ3v) is 5.13. The minimum Gasteiger partial charge on any atom is -0.406 e. The van der Waals surface area contributed by atoms with E-state index in [1.807, 2.05) is 32.0 Å². The van der Waals surface area contributed by atoms with Crippen LogP contribution in [0.4, 0.5) is 24.5 Å². The molecule has 168 valence electrons. The van der Waals surface area contributed by atoms with E-state index in [0.29, 0.717) is 11.3 Å². The predicted octanol–water partition coefficient (Wildman–Crippen LogP) is 5.60. The maximum absolute atomic E-state index is 13.4. The largest absolute Gasteiger partial charge is 0.573 e. The number of benzene rings is 3. The van der Waals surface area contributed by atoms with Gasteiger partial charge >= 0.3 is 6.36 Å². The zero-order valence-electron chi connectivity index (χ0n) is 17.7. The number of nitrogens with one attached hydrogen (secondary N) is 1. The number of nitrogens with zero attached hydrogens (tertiary/aromatic N) is 1. The van der Waals surface area contributed by atoms with Gasteiger partial charge in [0.25, 0.3) is 11.8 Å². The van der Waals surface area contributed by atoms with Gasteiger partial charge in [-0.15, -0.1) is 13.2 Å². The molecule has 0 radical (unpaired) electrons. The van der Waals surface area contributed by atoms with Gasteiger partial charge in [0.1, 0.15) is 11.4 Å². The van der Waals surface area contributed by atoms with Gasteiger partial charge in [0.2, 0.25) is 0 Å². The molecule has 0 atom stereocenters. The number of alkyl halides is 3. The summed E-state index contributed by atoms with van der Waals surface area (Å²) >= 11 is 0. The number of rotatable bonds is 5. The predicted molar refractivity (Wildman–Crippen MR) is 119 cm³/mol. The summed E-state index contributed by atoms with van der Waals surface area (Å²) in [6.45, 7) is 3.79. The third kappa shape index (κ3) is 4.59. The SMILES string of the molecule is Cc1ccc(C)c(NC2=C(c3ccccc3)C(=O)N(c3ccc(OC(F)(F)F)cc3)C2=O)c1. The maximum Gasteiger partial charge on any atom is 0.573 e. The molecule has 3 aromatic carbocycles. The van der Waals surface area contributed by atoms with Crippen molar-refractivity contribution >= 4 is 28.8 Å². The quantitative estimate of drug-likeness (QED) is 0.512. The number of carbonyl (C=O) groups excluding carboxylic acids is 2. The molecule has 0 bridgehead atoms. The Morgan fingerprint density at radius 1 is 0.848 bits per heavy atom. The molecule has 0 spiro atoms. The van der Waals surface area contributed by atoms with Crippen LogP contribution in [0.15, 0.2) is 78.5 Å². The Kier molecular flexibility index (Phi) is 5.68. The van der Waals surface area contributed by atoms with Gasteiger partial charge in [-0.25, -0.2) is 4.90 Å². The van der Waals surface area contributed by atoms with Gasteiger partial charge in [-0.2, -0.15) is 0 Å². The van der Waals surface area contributed by atoms with Crippen molar-refractivity contribution < 1.29 is 27.5 Å². The molecule has 0 aliphatic carbocycles. The second kappa shape index (κ2) is 8.46. The number of ether oxygens (including phenoxy) is 1. The first-order valence-electron chi connectivity index (χ1n) is 10.0. The zero-order valence-corrected chi connectivity index (χ0v) is 17.7. The summed E-state index contributed by atoms with van der Waals surface area (Å²) in [5.74, 6) is -1.64. The van der Waals surface area contributed by atoms with Crippen LogP contribution in [0.1, 0.15) is 16.7 Å². The average Bonchev–Trinajstić information content (AvgIpc) is 3.00. The van der Waals surface area contributed by atoms with E-state index in [9.17, 15) is 22.8 Å². The van der Waals surface area contributed by atoms with E-state index in [1.165, 1.54) is 12.1 Å². The monoisotopic (exact) mass is 452 g/mol. The topological polar surface area (TPSA) is 58.6 Å². The average molecular weight is 452 g/mol. The van der Waals surface area contributed by atoms with Crippen LogP contribution >= 0.6 is 0 Å². The lowest BCUT2D eigenvalue weighted by Gasteiger charge is -2.17. The van der Waals surface area contributed by atoms with Crippen molar-refractivity contribution in [1.29, 1.82) is 0 Å². The van der Waals surface area contributed by atoms with Crippen molar-refractivity contribution in [2.45, 2.75) is 20.2 Å². The molecule has 2 amide bonds. The molecule has 3 aromatic rings. The minimum atomic E-state index is -4.84. The molecule has 0 saturated carbocycles. The molecular weight excluding hydrogens is 433 g/mol. The lowest BCUT2D eigenvalue weighted by Crippen LogP contribution is -2.32. The summed E-state index contributed by atoms with van der Waals surface area (Å²) < 4.78 is 41.3. The second-order valence-corrected chi connectivity index (χ2v) is 7.55. The number of halogens is 3. The Bertz CT molecular complexity index is 1250. The molecule has 4 rings (SSSR count). The van der Waals surface area contributed by atoms with Crippen molar-refractivity contribution in [2.24, 2.45) is 0 Å². The summed E-state index contributed by atoms with van der Waals surface area (Å²) in [5, 5.41) is 3.12. The van der Waals surface area contributed by atoms with Gasteiger partial charge in [-0.05, 0) is 60.9 Å². The van der Waals surface area contributed by atoms with E-state index in [-0.39, 0.29) is 17.0 Å². The van der Waals surface area contributed by atoms with E-state index >= 15 is 0 Å². The van der Waals surface area contributed by atoms with E-state index in [2.05, 4.69) is 10.1 Å². The highest BCUT2D eigenvalue weighted by Crippen LogP contribution is 2.35. The first-order chi connectivity index (χ1) is 15.6. The first-order valence-corrected chi connectivity index (χ1v) is 10.0. The first kappa shape index (κ1) is 22.1.